The van der Waals surface area contributed by atoms with Crippen molar-refractivity contribution in [3.05, 3.63) is 34.9 Å². The van der Waals surface area contributed by atoms with Crippen LogP contribution < -0.4 is 0 Å². The van der Waals surface area contributed by atoms with Gasteiger partial charge in [0, 0.05) is 17.6 Å². The topological polar surface area (TPSA) is 45.1 Å². The van der Waals surface area contributed by atoms with Gasteiger partial charge in [0.2, 0.25) is 0 Å². The SMILES string of the molecule is CCCN1C=NC(CC(C)C)(C(=O)OC)C1CC1CCC(C(c2ccc(Cl)cc2)N(C)C)CC1. The normalized spacial score (nSPS) is 28.0. The van der Waals surface area contributed by atoms with Crippen LogP contribution in [0.2, 0.25) is 5.02 Å². The highest BCUT2D eigenvalue weighted by atomic mass is 35.5. The maximum atomic E-state index is 13.1. The van der Waals surface area contributed by atoms with E-state index in [2.05, 4.69) is 56.8 Å². The number of esters is 1. The van der Waals surface area contributed by atoms with Crippen molar-refractivity contribution in [1.82, 2.24) is 9.80 Å². The maximum absolute atomic E-state index is 13.1. The number of hydrogen-bond acceptors (Lipinski definition) is 5. The van der Waals surface area contributed by atoms with Crippen molar-refractivity contribution in [2.45, 2.75) is 83.3 Å². The third-order valence-electron chi connectivity index (χ3n) is 7.79. The van der Waals surface area contributed by atoms with Crippen LogP contribution in [0.3, 0.4) is 0 Å². The lowest BCUT2D eigenvalue weighted by Crippen LogP contribution is -2.53. The zero-order chi connectivity index (χ0) is 24.9. The Morgan fingerprint density at radius 1 is 1.21 bits per heavy atom. The molecule has 34 heavy (non-hydrogen) atoms. The van der Waals surface area contributed by atoms with Crippen molar-refractivity contribution >= 4 is 23.9 Å². The molecule has 6 heteroatoms. The number of benzene rings is 1. The van der Waals surface area contributed by atoms with Gasteiger partial charge in [-0.3, -0.25) is 4.99 Å². The average Bonchev–Trinajstić information content (AvgIpc) is 3.13. The lowest BCUT2D eigenvalue weighted by molar-refractivity contribution is -0.149. The standard InChI is InChI=1S/C28H44ClN3O2/c1-7-16-32-19-30-28(18-20(2)3,27(33)34-6)25(32)17-21-8-10-22(11-9-21)26(31(4)5)23-12-14-24(29)15-13-23/h12-15,19-22,25-26H,7-11,16-18H2,1-6H3. The fourth-order valence-corrected chi connectivity index (χ4v) is 6.51. The number of methoxy groups -OCH3 is 1. The molecule has 0 radical (unpaired) electrons. The highest BCUT2D eigenvalue weighted by Crippen LogP contribution is 2.44. The summed E-state index contributed by atoms with van der Waals surface area (Å²) in [5.74, 6) is 1.42. The second-order valence-corrected chi connectivity index (χ2v) is 11.4. The smallest absolute Gasteiger partial charge is 0.335 e. The molecule has 3 rings (SSSR count). The Morgan fingerprint density at radius 3 is 2.38 bits per heavy atom. The van der Waals surface area contributed by atoms with Crippen molar-refractivity contribution in [2.24, 2.45) is 22.7 Å². The molecule has 1 heterocycles. The molecule has 0 aromatic heterocycles. The molecule has 0 saturated heterocycles. The summed E-state index contributed by atoms with van der Waals surface area (Å²) >= 11 is 6.14. The third-order valence-corrected chi connectivity index (χ3v) is 8.04. The maximum Gasteiger partial charge on any atom is 0.335 e. The molecule has 3 unspecified atom stereocenters. The summed E-state index contributed by atoms with van der Waals surface area (Å²) in [6, 6.07) is 8.84. The second kappa shape index (κ2) is 11.9. The van der Waals surface area contributed by atoms with Crippen LogP contribution in [-0.2, 0) is 9.53 Å². The minimum atomic E-state index is -0.773. The molecular weight excluding hydrogens is 446 g/mol. The van der Waals surface area contributed by atoms with Gasteiger partial charge < -0.3 is 14.5 Å². The molecule has 1 aromatic carbocycles. The number of ether oxygens (including phenoxy) is 1. The molecule has 1 saturated carbocycles. The fourth-order valence-electron chi connectivity index (χ4n) is 6.39. The van der Waals surface area contributed by atoms with E-state index in [4.69, 9.17) is 21.3 Å². The Bertz CT molecular complexity index is 817. The molecule has 0 spiro atoms. The quantitative estimate of drug-likeness (QED) is 0.366. The van der Waals surface area contributed by atoms with Gasteiger partial charge in [-0.25, -0.2) is 4.79 Å². The predicted octanol–water partition coefficient (Wildman–Crippen LogP) is 6.22. The van der Waals surface area contributed by atoms with Gasteiger partial charge in [0.1, 0.15) is 0 Å². The molecule has 1 aromatic rings. The Morgan fingerprint density at radius 2 is 1.85 bits per heavy atom. The van der Waals surface area contributed by atoms with Gasteiger partial charge in [-0.15, -0.1) is 0 Å². The first kappa shape index (κ1) is 27.0. The summed E-state index contributed by atoms with van der Waals surface area (Å²) in [4.78, 5) is 22.6. The summed E-state index contributed by atoms with van der Waals surface area (Å²) in [6.45, 7) is 7.46. The van der Waals surface area contributed by atoms with E-state index in [0.717, 1.165) is 30.8 Å². The van der Waals surface area contributed by atoms with Crippen LogP contribution in [0, 0.1) is 17.8 Å². The molecule has 2 aliphatic rings. The first-order valence-corrected chi connectivity index (χ1v) is 13.4. The largest absolute Gasteiger partial charge is 0.467 e. The highest BCUT2D eigenvalue weighted by molar-refractivity contribution is 6.30. The summed E-state index contributed by atoms with van der Waals surface area (Å²) in [7, 11) is 5.86. The van der Waals surface area contributed by atoms with Gasteiger partial charge in [-0.1, -0.05) is 57.3 Å². The van der Waals surface area contributed by atoms with Crippen molar-refractivity contribution in [2.75, 3.05) is 27.7 Å². The molecule has 1 fully saturated rings. The minimum absolute atomic E-state index is 0.0877. The van der Waals surface area contributed by atoms with E-state index in [-0.39, 0.29) is 12.0 Å². The van der Waals surface area contributed by atoms with Crippen LogP contribution in [0.4, 0.5) is 0 Å². The number of carbonyl (C=O) groups is 1. The van der Waals surface area contributed by atoms with Crippen LogP contribution in [0.25, 0.3) is 0 Å². The van der Waals surface area contributed by atoms with E-state index in [1.54, 1.807) is 0 Å². The summed E-state index contributed by atoms with van der Waals surface area (Å²) in [5.41, 5.74) is 0.572. The number of nitrogens with zero attached hydrogens (tertiary/aromatic N) is 3. The molecule has 1 aliphatic carbocycles. The summed E-state index contributed by atoms with van der Waals surface area (Å²) < 4.78 is 5.32. The molecule has 0 N–H and O–H groups in total. The Kier molecular flexibility index (Phi) is 9.45. The summed E-state index contributed by atoms with van der Waals surface area (Å²) in [6.07, 6.45) is 9.50. The van der Waals surface area contributed by atoms with E-state index in [1.165, 1.54) is 38.4 Å². The molecule has 1 aliphatic heterocycles. The Labute approximate surface area is 211 Å². The minimum Gasteiger partial charge on any atom is -0.467 e. The van der Waals surface area contributed by atoms with E-state index in [9.17, 15) is 4.79 Å². The van der Waals surface area contributed by atoms with Gasteiger partial charge in [0.15, 0.2) is 5.54 Å². The first-order valence-electron chi connectivity index (χ1n) is 13.0. The zero-order valence-electron chi connectivity index (χ0n) is 22.0. The zero-order valence-corrected chi connectivity index (χ0v) is 22.7. The van der Waals surface area contributed by atoms with Gasteiger partial charge in [0.25, 0.3) is 0 Å². The summed E-state index contributed by atoms with van der Waals surface area (Å²) in [5, 5.41) is 0.788. The van der Waals surface area contributed by atoms with Crippen molar-refractivity contribution < 1.29 is 9.53 Å². The average molecular weight is 490 g/mol. The number of rotatable bonds is 10. The van der Waals surface area contributed by atoms with Gasteiger partial charge in [-0.05, 0) is 81.6 Å². The van der Waals surface area contributed by atoms with Crippen molar-refractivity contribution in [3.8, 4) is 0 Å². The Balaban J connectivity index is 1.73. The van der Waals surface area contributed by atoms with Crippen LogP contribution in [0.1, 0.15) is 77.3 Å². The third kappa shape index (κ3) is 5.96. The molecule has 3 atom stereocenters. The predicted molar refractivity (Wildman–Crippen MR) is 141 cm³/mol. The second-order valence-electron chi connectivity index (χ2n) is 11.0. The van der Waals surface area contributed by atoms with Crippen LogP contribution in [-0.4, -0.2) is 61.4 Å². The molecule has 190 valence electrons. The highest BCUT2D eigenvalue weighted by Gasteiger charge is 2.52. The van der Waals surface area contributed by atoms with E-state index < -0.39 is 5.54 Å². The van der Waals surface area contributed by atoms with Crippen LogP contribution >= 0.6 is 11.6 Å². The fraction of sp³-hybridized carbons (Fsp3) is 0.714. The number of carbonyl (C=O) groups excluding carboxylic acids is 1. The monoisotopic (exact) mass is 489 g/mol. The van der Waals surface area contributed by atoms with Gasteiger partial charge >= 0.3 is 5.97 Å². The van der Waals surface area contributed by atoms with Gasteiger partial charge in [-0.2, -0.15) is 0 Å². The van der Waals surface area contributed by atoms with Gasteiger partial charge in [0.05, 0.1) is 19.5 Å². The van der Waals surface area contributed by atoms with E-state index in [1.807, 2.05) is 18.5 Å². The molecule has 0 bridgehead atoms. The van der Waals surface area contributed by atoms with Crippen molar-refractivity contribution in [1.29, 1.82) is 0 Å². The lowest BCUT2D eigenvalue weighted by Gasteiger charge is -2.41. The van der Waals surface area contributed by atoms with E-state index in [0.29, 0.717) is 23.8 Å². The molecule has 0 amide bonds. The van der Waals surface area contributed by atoms with Crippen LogP contribution in [0.5, 0.6) is 0 Å². The molecule has 5 nitrogen and oxygen atoms in total. The lowest BCUT2D eigenvalue weighted by atomic mass is 9.71. The number of halogens is 1. The number of hydrogen-bond donors (Lipinski definition) is 0. The van der Waals surface area contributed by atoms with E-state index >= 15 is 0 Å². The van der Waals surface area contributed by atoms with Crippen LogP contribution in [0.15, 0.2) is 29.3 Å². The Hall–Kier alpha value is -1.59. The number of aliphatic imine (C=N–C) groups is 1. The van der Waals surface area contributed by atoms with Crippen molar-refractivity contribution in [3.63, 3.8) is 0 Å². The first-order chi connectivity index (χ1) is 16.2. The molecular formula is C28H44ClN3O2.